The second-order valence-corrected chi connectivity index (χ2v) is 8.04. The molecule has 3 aromatic heterocycles. The van der Waals surface area contributed by atoms with Crippen LogP contribution in [0.3, 0.4) is 0 Å². The maximum Gasteiger partial charge on any atom is 0.222 e. The summed E-state index contributed by atoms with van der Waals surface area (Å²) in [7, 11) is 0. The van der Waals surface area contributed by atoms with E-state index in [0.29, 0.717) is 5.82 Å². The van der Waals surface area contributed by atoms with E-state index in [1.54, 1.807) is 0 Å². The zero-order valence-corrected chi connectivity index (χ0v) is 18.6. The number of nitrogens with zero attached hydrogens (tertiary/aromatic N) is 4. The number of benzene rings is 2. The number of nitrogen functional groups attached to an aromatic ring is 1. The summed E-state index contributed by atoms with van der Waals surface area (Å²) in [5.41, 5.74) is 14.3. The fourth-order valence-corrected chi connectivity index (χ4v) is 3.81. The minimum absolute atomic E-state index is 0.243. The van der Waals surface area contributed by atoms with Gasteiger partial charge < -0.3 is 21.4 Å². The average molecular weight is 437 g/mol. The van der Waals surface area contributed by atoms with Crippen molar-refractivity contribution in [1.82, 2.24) is 24.9 Å². The highest BCUT2D eigenvalue weighted by Gasteiger charge is 2.08. The largest absolute Gasteiger partial charge is 0.368 e. The van der Waals surface area contributed by atoms with Crippen molar-refractivity contribution in [3.63, 3.8) is 0 Å². The number of nitrogens with one attached hydrogen (secondary N) is 3. The van der Waals surface area contributed by atoms with E-state index in [1.807, 2.05) is 81.4 Å². The van der Waals surface area contributed by atoms with Gasteiger partial charge in [-0.15, -0.1) is 0 Å². The van der Waals surface area contributed by atoms with Gasteiger partial charge in [-0.2, -0.15) is 4.98 Å². The molecule has 8 nitrogen and oxygen atoms in total. The van der Waals surface area contributed by atoms with Gasteiger partial charge in [-0.3, -0.25) is 4.98 Å². The normalized spacial score (nSPS) is 11.0. The molecule has 164 valence electrons. The third kappa shape index (κ3) is 4.59. The summed E-state index contributed by atoms with van der Waals surface area (Å²) in [5.74, 6) is 1.71. The van der Waals surface area contributed by atoms with Gasteiger partial charge >= 0.3 is 0 Å². The molecule has 0 aliphatic heterocycles. The van der Waals surface area contributed by atoms with Crippen LogP contribution in [-0.2, 0) is 0 Å². The first-order chi connectivity index (χ1) is 15.9. The second kappa shape index (κ2) is 8.23. The van der Waals surface area contributed by atoms with Gasteiger partial charge in [0.25, 0.3) is 0 Å². The van der Waals surface area contributed by atoms with Gasteiger partial charge in [0, 0.05) is 45.8 Å². The Morgan fingerprint density at radius 2 is 1.36 bits per heavy atom. The topological polar surface area (TPSA) is 117 Å². The van der Waals surface area contributed by atoms with Gasteiger partial charge in [-0.05, 0) is 75.4 Å². The molecular formula is C25H24N8. The minimum atomic E-state index is 0.243. The fraction of sp³-hybridized carbons (Fsp3) is 0.120. The third-order valence-electron chi connectivity index (χ3n) is 5.16. The molecule has 0 fully saturated rings. The quantitative estimate of drug-likeness (QED) is 0.291. The van der Waals surface area contributed by atoms with Crippen molar-refractivity contribution in [2.24, 2.45) is 0 Å². The van der Waals surface area contributed by atoms with Crippen molar-refractivity contribution >= 4 is 39.9 Å². The Bertz CT molecular complexity index is 1410. The molecule has 5 N–H and O–H groups in total. The standard InChI is InChI=1S/C25H24N8/c1-14-10-20(11-15(2)27-14)29-18-6-4-17(5-7-18)24-31-21-9-8-19(13-22(21)32-24)30-23-12-16(3)28-25(26)33-23/h4-13H,1-3H3,(H,27,29)(H,31,32)(H3,26,28,30,33). The highest BCUT2D eigenvalue weighted by atomic mass is 15.1. The number of H-pyrrole nitrogens is 1. The lowest BCUT2D eigenvalue weighted by Gasteiger charge is -2.08. The number of imidazole rings is 1. The minimum Gasteiger partial charge on any atom is -0.368 e. The number of nitrogens with two attached hydrogens (primary N) is 1. The summed E-state index contributed by atoms with van der Waals surface area (Å²) in [5, 5.41) is 6.70. The molecule has 5 aromatic rings. The Morgan fingerprint density at radius 3 is 2.09 bits per heavy atom. The summed E-state index contributed by atoms with van der Waals surface area (Å²) in [4.78, 5) is 20.9. The SMILES string of the molecule is Cc1cc(Nc2ccc(-c3nc4cc(Nc5cc(C)nc(N)n5)ccc4[nH]3)cc2)cc(C)n1. The molecule has 0 radical (unpaired) electrons. The molecule has 0 aliphatic carbocycles. The number of aromatic nitrogens is 5. The first-order valence-corrected chi connectivity index (χ1v) is 10.6. The van der Waals surface area contributed by atoms with Gasteiger partial charge in [0.1, 0.15) is 11.6 Å². The van der Waals surface area contributed by atoms with Crippen molar-refractivity contribution in [3.05, 3.63) is 77.7 Å². The van der Waals surface area contributed by atoms with Gasteiger partial charge in [-0.1, -0.05) is 0 Å². The molecule has 5 rings (SSSR count). The molecule has 3 heterocycles. The van der Waals surface area contributed by atoms with Crippen LogP contribution in [0.1, 0.15) is 17.1 Å². The predicted octanol–water partition coefficient (Wildman–Crippen LogP) is 5.41. The summed E-state index contributed by atoms with van der Waals surface area (Å²) < 4.78 is 0. The molecule has 0 bridgehead atoms. The van der Waals surface area contributed by atoms with Gasteiger partial charge in [0.2, 0.25) is 5.95 Å². The fourth-order valence-electron chi connectivity index (χ4n) is 3.81. The zero-order chi connectivity index (χ0) is 22.9. The van der Waals surface area contributed by atoms with Crippen molar-refractivity contribution in [2.75, 3.05) is 16.4 Å². The number of anilines is 5. The Labute approximate surface area is 191 Å². The molecule has 0 spiro atoms. The first kappa shape index (κ1) is 20.4. The van der Waals surface area contributed by atoms with Crippen LogP contribution in [0.5, 0.6) is 0 Å². The lowest BCUT2D eigenvalue weighted by Crippen LogP contribution is -2.01. The number of aryl methyl sites for hydroxylation is 3. The van der Waals surface area contributed by atoms with Crippen LogP contribution in [0.25, 0.3) is 22.4 Å². The van der Waals surface area contributed by atoms with Gasteiger partial charge in [-0.25, -0.2) is 9.97 Å². The van der Waals surface area contributed by atoms with Crippen LogP contribution in [0.15, 0.2) is 60.7 Å². The maximum absolute atomic E-state index is 5.75. The number of rotatable bonds is 5. The molecule has 0 saturated heterocycles. The molecule has 0 unspecified atom stereocenters. The van der Waals surface area contributed by atoms with Crippen LogP contribution in [0.4, 0.5) is 28.8 Å². The van der Waals surface area contributed by atoms with Crippen molar-refractivity contribution in [3.8, 4) is 11.4 Å². The Hall–Kier alpha value is -4.46. The van der Waals surface area contributed by atoms with Crippen molar-refractivity contribution < 1.29 is 0 Å². The molecule has 0 amide bonds. The summed E-state index contributed by atoms with van der Waals surface area (Å²) in [6.07, 6.45) is 0. The van der Waals surface area contributed by atoms with E-state index in [9.17, 15) is 0 Å². The monoisotopic (exact) mass is 436 g/mol. The van der Waals surface area contributed by atoms with E-state index in [1.165, 1.54) is 0 Å². The van der Waals surface area contributed by atoms with E-state index < -0.39 is 0 Å². The van der Waals surface area contributed by atoms with Gasteiger partial charge in [0.15, 0.2) is 0 Å². The van der Waals surface area contributed by atoms with Crippen LogP contribution < -0.4 is 16.4 Å². The molecule has 33 heavy (non-hydrogen) atoms. The molecule has 0 aliphatic rings. The highest BCUT2D eigenvalue weighted by molar-refractivity contribution is 5.83. The van der Waals surface area contributed by atoms with E-state index >= 15 is 0 Å². The smallest absolute Gasteiger partial charge is 0.222 e. The third-order valence-corrected chi connectivity index (χ3v) is 5.16. The van der Waals surface area contributed by atoms with E-state index in [4.69, 9.17) is 10.7 Å². The summed E-state index contributed by atoms with van der Waals surface area (Å²) in [6.45, 7) is 5.87. The molecule has 0 atom stereocenters. The summed E-state index contributed by atoms with van der Waals surface area (Å²) >= 11 is 0. The molecule has 8 heteroatoms. The Kier molecular flexibility index (Phi) is 5.10. The summed E-state index contributed by atoms with van der Waals surface area (Å²) in [6, 6.07) is 20.0. The number of hydrogen-bond donors (Lipinski definition) is 4. The van der Waals surface area contributed by atoms with Crippen molar-refractivity contribution in [1.29, 1.82) is 0 Å². The van der Waals surface area contributed by atoms with Gasteiger partial charge in [0.05, 0.1) is 11.0 Å². The Morgan fingerprint density at radius 1 is 0.667 bits per heavy atom. The second-order valence-electron chi connectivity index (χ2n) is 8.04. The highest BCUT2D eigenvalue weighted by Crippen LogP contribution is 2.26. The van der Waals surface area contributed by atoms with Crippen molar-refractivity contribution in [2.45, 2.75) is 20.8 Å². The maximum atomic E-state index is 5.75. The lowest BCUT2D eigenvalue weighted by molar-refractivity contribution is 1.12. The van der Waals surface area contributed by atoms with E-state index in [0.717, 1.165) is 56.6 Å². The molecule has 2 aromatic carbocycles. The first-order valence-electron chi connectivity index (χ1n) is 10.6. The predicted molar refractivity (Wildman–Crippen MR) is 133 cm³/mol. The van der Waals surface area contributed by atoms with Crippen LogP contribution in [0.2, 0.25) is 0 Å². The molecule has 0 saturated carbocycles. The average Bonchev–Trinajstić information content (AvgIpc) is 3.16. The van der Waals surface area contributed by atoms with E-state index in [2.05, 4.69) is 30.6 Å². The molecular weight excluding hydrogens is 412 g/mol. The number of fused-ring (bicyclic) bond motifs is 1. The number of aromatic amines is 1. The van der Waals surface area contributed by atoms with Crippen LogP contribution in [-0.4, -0.2) is 24.9 Å². The zero-order valence-electron chi connectivity index (χ0n) is 18.6. The number of hydrogen-bond acceptors (Lipinski definition) is 7. The number of pyridine rings is 1. The lowest BCUT2D eigenvalue weighted by atomic mass is 10.2. The van der Waals surface area contributed by atoms with Crippen LogP contribution in [0, 0.1) is 20.8 Å². The van der Waals surface area contributed by atoms with Crippen LogP contribution >= 0.6 is 0 Å². The Balaban J connectivity index is 1.36. The van der Waals surface area contributed by atoms with E-state index in [-0.39, 0.29) is 5.95 Å².